The fourth-order valence-corrected chi connectivity index (χ4v) is 8.41. The molecule has 2 nitrogen and oxygen atoms in total. The molecule has 4 aliphatic carbocycles. The molecule has 0 heterocycles. The molecule has 0 aromatic rings. The van der Waals surface area contributed by atoms with Crippen molar-refractivity contribution in [1.29, 1.82) is 0 Å². The van der Waals surface area contributed by atoms with Gasteiger partial charge in [-0.05, 0) is 79.4 Å². The molecule has 0 spiro atoms. The first-order chi connectivity index (χ1) is 13.8. The van der Waals surface area contributed by atoms with Gasteiger partial charge in [-0.25, -0.2) is 0 Å². The first-order valence-corrected chi connectivity index (χ1v) is 12.5. The molecule has 4 rings (SSSR count). The van der Waals surface area contributed by atoms with Crippen LogP contribution in [-0.4, -0.2) is 6.04 Å². The number of nitroso groups, excluding NO2 is 1. The second-order valence-electron chi connectivity index (χ2n) is 11.9. The Balaban J connectivity index is 1.49. The predicted molar refractivity (Wildman–Crippen MR) is 123 cm³/mol. The normalized spacial score (nSPS) is 44.6. The quantitative estimate of drug-likeness (QED) is 0.330. The Labute approximate surface area is 179 Å². The van der Waals surface area contributed by atoms with E-state index >= 15 is 0 Å². The summed E-state index contributed by atoms with van der Waals surface area (Å²) in [6.07, 6.45) is 19.0. The number of allylic oxidation sites excluding steroid dienone is 2. The van der Waals surface area contributed by atoms with Gasteiger partial charge in [0.25, 0.3) is 0 Å². The Hall–Kier alpha value is -0.920. The van der Waals surface area contributed by atoms with E-state index in [1.807, 2.05) is 0 Å². The minimum absolute atomic E-state index is 0.173. The summed E-state index contributed by atoms with van der Waals surface area (Å²) in [5, 5.41) is 3.29. The van der Waals surface area contributed by atoms with Crippen LogP contribution in [0.15, 0.2) is 29.0 Å². The molecule has 4 aliphatic rings. The minimum Gasteiger partial charge on any atom is -0.150 e. The van der Waals surface area contributed by atoms with Crippen LogP contribution in [0.3, 0.4) is 0 Å². The number of hydrogen-bond acceptors (Lipinski definition) is 2. The topological polar surface area (TPSA) is 29.4 Å². The Morgan fingerprint density at radius 2 is 1.86 bits per heavy atom. The number of fused-ring (bicyclic) bond motifs is 5. The third-order valence-electron chi connectivity index (χ3n) is 9.98. The van der Waals surface area contributed by atoms with Gasteiger partial charge in [0.1, 0.15) is 6.04 Å². The zero-order chi connectivity index (χ0) is 20.8. The molecule has 0 radical (unpaired) electrons. The monoisotopic (exact) mass is 397 g/mol. The van der Waals surface area contributed by atoms with Crippen molar-refractivity contribution < 1.29 is 0 Å². The summed E-state index contributed by atoms with van der Waals surface area (Å²) in [7, 11) is 0. The minimum atomic E-state index is -0.231. The van der Waals surface area contributed by atoms with Gasteiger partial charge in [0.15, 0.2) is 0 Å². The highest BCUT2D eigenvalue weighted by Gasteiger charge is 2.58. The van der Waals surface area contributed by atoms with Gasteiger partial charge in [0.2, 0.25) is 0 Å². The van der Waals surface area contributed by atoms with Crippen LogP contribution in [0.1, 0.15) is 92.4 Å². The van der Waals surface area contributed by atoms with Crippen LogP contribution in [0.25, 0.3) is 0 Å². The van der Waals surface area contributed by atoms with E-state index in [1.54, 1.807) is 0 Å². The summed E-state index contributed by atoms with van der Waals surface area (Å²) in [4.78, 5) is 11.1. The maximum Gasteiger partial charge on any atom is 0.128 e. The lowest BCUT2D eigenvalue weighted by Crippen LogP contribution is -2.50. The first-order valence-electron chi connectivity index (χ1n) is 12.5. The van der Waals surface area contributed by atoms with Crippen molar-refractivity contribution in [3.63, 3.8) is 0 Å². The number of nitrogens with zero attached hydrogens (tertiary/aromatic N) is 1. The predicted octanol–water partition coefficient (Wildman–Crippen LogP) is 7.94. The van der Waals surface area contributed by atoms with Gasteiger partial charge in [0, 0.05) is 5.41 Å². The molecule has 0 aromatic heterocycles. The van der Waals surface area contributed by atoms with E-state index in [4.69, 9.17) is 0 Å². The summed E-state index contributed by atoms with van der Waals surface area (Å²) < 4.78 is 0. The van der Waals surface area contributed by atoms with Gasteiger partial charge in [-0.2, -0.15) is 0 Å². The Morgan fingerprint density at radius 1 is 1.07 bits per heavy atom. The van der Waals surface area contributed by atoms with Gasteiger partial charge < -0.3 is 0 Å². The van der Waals surface area contributed by atoms with Crippen molar-refractivity contribution in [3.8, 4) is 0 Å². The van der Waals surface area contributed by atoms with Crippen molar-refractivity contribution in [2.24, 2.45) is 51.5 Å². The summed E-state index contributed by atoms with van der Waals surface area (Å²) in [5.41, 5.74) is 2.24. The molecule has 3 fully saturated rings. The third-order valence-corrected chi connectivity index (χ3v) is 9.98. The van der Waals surface area contributed by atoms with Crippen LogP contribution in [0.5, 0.6) is 0 Å². The van der Waals surface area contributed by atoms with E-state index in [2.05, 4.69) is 58.0 Å². The average Bonchev–Trinajstić information content (AvgIpc) is 3.04. The van der Waals surface area contributed by atoms with Crippen LogP contribution in [-0.2, 0) is 0 Å². The van der Waals surface area contributed by atoms with E-state index in [0.29, 0.717) is 5.41 Å². The standard InChI is InChI=1S/C27H43NO/c1-18(2)7-6-8-19(3)23-11-12-24-22-10-9-20-17-21(28-29)13-15-26(20,4)25(22)14-16-27(23,24)5/h13,15,17-19,21-25H,6-12,14,16H2,1-5H3/t19-,21?,22+,23-,24+,25+,26+,27-/m1/s1. The molecule has 29 heavy (non-hydrogen) atoms. The van der Waals surface area contributed by atoms with E-state index in [-0.39, 0.29) is 11.5 Å². The second-order valence-corrected chi connectivity index (χ2v) is 11.9. The number of rotatable bonds is 6. The highest BCUT2D eigenvalue weighted by Crippen LogP contribution is 2.67. The molecule has 2 heteroatoms. The Morgan fingerprint density at radius 3 is 2.59 bits per heavy atom. The second kappa shape index (κ2) is 7.97. The molecule has 0 N–H and O–H groups in total. The van der Waals surface area contributed by atoms with E-state index in [9.17, 15) is 4.91 Å². The molecule has 0 amide bonds. The SMILES string of the molecule is CC(C)CCC[C@@H](C)[C@H]1CC[C@H]2[C@@H]3CCC4=CC(N=O)C=C[C@]4(C)[C@H]3CC[C@]12C. The van der Waals surface area contributed by atoms with Gasteiger partial charge >= 0.3 is 0 Å². The molecule has 1 unspecified atom stereocenters. The van der Waals surface area contributed by atoms with Crippen LogP contribution >= 0.6 is 0 Å². The maximum absolute atomic E-state index is 11.1. The highest BCUT2D eigenvalue weighted by molar-refractivity contribution is 5.34. The average molecular weight is 398 g/mol. The van der Waals surface area contributed by atoms with Gasteiger partial charge in [0.05, 0.1) is 0 Å². The van der Waals surface area contributed by atoms with Gasteiger partial charge in [-0.3, -0.25) is 0 Å². The van der Waals surface area contributed by atoms with Crippen molar-refractivity contribution >= 4 is 0 Å². The smallest absolute Gasteiger partial charge is 0.128 e. The summed E-state index contributed by atoms with van der Waals surface area (Å²) >= 11 is 0. The third kappa shape index (κ3) is 3.57. The maximum atomic E-state index is 11.1. The zero-order valence-electron chi connectivity index (χ0n) is 19.5. The molecular formula is C27H43NO. The molecule has 8 atom stereocenters. The van der Waals surface area contributed by atoms with Crippen LogP contribution < -0.4 is 0 Å². The fourth-order valence-electron chi connectivity index (χ4n) is 8.41. The highest BCUT2D eigenvalue weighted by atomic mass is 16.3. The summed E-state index contributed by atoms with van der Waals surface area (Å²) in [6, 6.07) is -0.231. The van der Waals surface area contributed by atoms with Crippen LogP contribution in [0, 0.1) is 51.2 Å². The molecule has 162 valence electrons. The lowest BCUT2D eigenvalue weighted by atomic mass is 9.47. The van der Waals surface area contributed by atoms with Crippen molar-refractivity contribution in [2.75, 3.05) is 0 Å². The molecule has 0 saturated heterocycles. The van der Waals surface area contributed by atoms with Crippen LogP contribution in [0.2, 0.25) is 0 Å². The van der Waals surface area contributed by atoms with Crippen LogP contribution in [0.4, 0.5) is 0 Å². The summed E-state index contributed by atoms with van der Waals surface area (Å²) in [6.45, 7) is 12.4. The first kappa shape index (κ1) is 21.3. The summed E-state index contributed by atoms with van der Waals surface area (Å²) in [5.74, 6) is 5.19. The van der Waals surface area contributed by atoms with Crippen molar-refractivity contribution in [3.05, 3.63) is 28.7 Å². The van der Waals surface area contributed by atoms with E-state index < -0.39 is 0 Å². The lowest BCUT2D eigenvalue weighted by molar-refractivity contribution is -0.0438. The van der Waals surface area contributed by atoms with Gasteiger partial charge in [-0.15, -0.1) is 4.91 Å². The molecule has 3 saturated carbocycles. The van der Waals surface area contributed by atoms with Gasteiger partial charge in [-0.1, -0.05) is 82.9 Å². The van der Waals surface area contributed by atoms with E-state index in [0.717, 1.165) is 35.5 Å². The Bertz CT molecular complexity index is 678. The number of hydrogen-bond donors (Lipinski definition) is 0. The largest absolute Gasteiger partial charge is 0.150 e. The Kier molecular flexibility index (Phi) is 5.86. The van der Waals surface area contributed by atoms with E-state index in [1.165, 1.54) is 63.4 Å². The van der Waals surface area contributed by atoms with Crippen molar-refractivity contribution in [2.45, 2.75) is 98.4 Å². The molecule has 0 aliphatic heterocycles. The van der Waals surface area contributed by atoms with Crippen molar-refractivity contribution in [1.82, 2.24) is 0 Å². The molecule has 0 aromatic carbocycles. The lowest BCUT2D eigenvalue weighted by Gasteiger charge is -2.57. The zero-order valence-corrected chi connectivity index (χ0v) is 19.5. The fraction of sp³-hybridized carbons (Fsp3) is 0.852. The molecular weight excluding hydrogens is 354 g/mol. The molecule has 0 bridgehead atoms.